The first-order chi connectivity index (χ1) is 11.4. The van der Waals surface area contributed by atoms with E-state index in [1.807, 2.05) is 35.0 Å². The summed E-state index contributed by atoms with van der Waals surface area (Å²) < 4.78 is 5.66. The fourth-order valence-electron chi connectivity index (χ4n) is 2.46. The second-order valence-corrected chi connectivity index (χ2v) is 7.85. The van der Waals surface area contributed by atoms with E-state index < -0.39 is 35.8 Å². The van der Waals surface area contributed by atoms with Crippen molar-refractivity contribution in [1.29, 1.82) is 0 Å². The van der Waals surface area contributed by atoms with Gasteiger partial charge in [0.2, 0.25) is 0 Å². The Labute approximate surface area is 174 Å². The molecule has 162 valence electrons. The van der Waals surface area contributed by atoms with E-state index >= 15 is 0 Å². The second-order valence-electron chi connectivity index (χ2n) is 7.85. The highest BCUT2D eigenvalue weighted by Crippen LogP contribution is 2.18. The average Bonchev–Trinajstić information content (AvgIpc) is 2.41. The fourth-order valence-corrected chi connectivity index (χ4v) is 2.46. The monoisotopic (exact) mass is 431 g/mol. The summed E-state index contributed by atoms with van der Waals surface area (Å²) in [6.07, 6.45) is -0.176. The Morgan fingerprint density at radius 2 is 1.63 bits per heavy atom. The molecule has 0 aliphatic carbocycles. The van der Waals surface area contributed by atoms with E-state index in [2.05, 4.69) is 0 Å². The minimum Gasteiger partial charge on any atom is -0.549 e. The lowest BCUT2D eigenvalue weighted by Gasteiger charge is -2.33. The maximum absolute atomic E-state index is 12.4. The number of nitrogens with two attached hydrogens (primary N) is 2. The van der Waals surface area contributed by atoms with E-state index in [9.17, 15) is 19.5 Å². The van der Waals surface area contributed by atoms with E-state index in [1.54, 1.807) is 0 Å². The van der Waals surface area contributed by atoms with Crippen LogP contribution in [0.25, 0.3) is 0 Å². The summed E-state index contributed by atoms with van der Waals surface area (Å²) in [5.41, 5.74) is 11.2. The van der Waals surface area contributed by atoms with Crippen LogP contribution in [0, 0.1) is 11.8 Å². The summed E-state index contributed by atoms with van der Waals surface area (Å²) in [6, 6.07) is -0.902. The van der Waals surface area contributed by atoms with Gasteiger partial charge in [0, 0.05) is 6.42 Å². The predicted octanol–water partition coefficient (Wildman–Crippen LogP) is -0.504. The van der Waals surface area contributed by atoms with Gasteiger partial charge in [-0.05, 0) is 25.3 Å². The zero-order valence-electron chi connectivity index (χ0n) is 16.8. The van der Waals surface area contributed by atoms with Crippen molar-refractivity contribution in [3.05, 3.63) is 0 Å². The summed E-state index contributed by atoms with van der Waals surface area (Å²) in [6.45, 7) is 4.16. The number of halogens is 2. The molecule has 0 aromatic rings. The number of quaternary nitrogens is 1. The molecule has 0 aromatic heterocycles. The molecule has 2 unspecified atom stereocenters. The van der Waals surface area contributed by atoms with Gasteiger partial charge in [-0.2, -0.15) is 0 Å². The lowest BCUT2D eigenvalue weighted by Crippen LogP contribution is -2.54. The van der Waals surface area contributed by atoms with Gasteiger partial charge in [0.25, 0.3) is 0 Å². The van der Waals surface area contributed by atoms with Gasteiger partial charge in [-0.1, -0.05) is 13.8 Å². The van der Waals surface area contributed by atoms with Gasteiger partial charge < -0.3 is 30.6 Å². The van der Waals surface area contributed by atoms with Crippen molar-refractivity contribution in [1.82, 2.24) is 0 Å². The first-order valence-electron chi connectivity index (χ1n) is 8.59. The molecule has 0 aliphatic rings. The van der Waals surface area contributed by atoms with Crippen LogP contribution in [0.4, 0.5) is 0 Å². The standard InChI is InChI=1S/C17H33N3O5.2ClH/c1-11(2)9-13(21)15(16(22)23)14(10-20(3,4)5)25-17(24)12(19)7-6-8-18;;/h11-12,14-15H,6-10,18-19H2,1-5H3;2*1H/t12-,14?,15?;;/m0../s1. The minimum atomic E-state index is -1.53. The number of hydrogen-bond donors (Lipinski definition) is 2. The summed E-state index contributed by atoms with van der Waals surface area (Å²) in [7, 11) is 5.44. The van der Waals surface area contributed by atoms with Crippen LogP contribution < -0.4 is 16.6 Å². The molecule has 8 nitrogen and oxygen atoms in total. The Bertz CT molecular complexity index is 470. The molecule has 0 saturated heterocycles. The molecule has 0 aliphatic heterocycles. The molecule has 27 heavy (non-hydrogen) atoms. The van der Waals surface area contributed by atoms with Crippen LogP contribution in [0.2, 0.25) is 0 Å². The Kier molecular flexibility index (Phi) is 16.1. The van der Waals surface area contributed by atoms with Crippen molar-refractivity contribution < 1.29 is 28.7 Å². The Balaban J connectivity index is -0.00000288. The van der Waals surface area contributed by atoms with Crippen LogP contribution in [-0.2, 0) is 19.1 Å². The number of esters is 1. The highest BCUT2D eigenvalue weighted by molar-refractivity contribution is 5.98. The maximum Gasteiger partial charge on any atom is 0.323 e. The summed E-state index contributed by atoms with van der Waals surface area (Å²) in [5, 5.41) is 11.6. The van der Waals surface area contributed by atoms with Crippen molar-refractivity contribution in [2.75, 3.05) is 34.2 Å². The Hall–Kier alpha value is -0.930. The number of ketones is 1. The number of aliphatic carboxylic acids is 1. The molecule has 4 N–H and O–H groups in total. The van der Waals surface area contributed by atoms with Gasteiger partial charge in [0.15, 0.2) is 6.10 Å². The number of likely N-dealkylation sites (N-methyl/N-ethyl adjacent to an activating group) is 1. The molecule has 0 radical (unpaired) electrons. The predicted molar refractivity (Wildman–Crippen MR) is 106 cm³/mol. The minimum absolute atomic E-state index is 0. The number of ether oxygens (including phenoxy) is 1. The number of carboxylic acids is 1. The summed E-state index contributed by atoms with van der Waals surface area (Å²) in [4.78, 5) is 36.2. The zero-order valence-corrected chi connectivity index (χ0v) is 18.4. The van der Waals surface area contributed by atoms with Crippen molar-refractivity contribution in [3.63, 3.8) is 0 Å². The third-order valence-corrected chi connectivity index (χ3v) is 3.60. The molecular weight excluding hydrogens is 397 g/mol. The lowest BCUT2D eigenvalue weighted by molar-refractivity contribution is -0.873. The lowest BCUT2D eigenvalue weighted by atomic mass is 9.91. The smallest absolute Gasteiger partial charge is 0.323 e. The third-order valence-electron chi connectivity index (χ3n) is 3.60. The normalized spacial score (nSPS) is 14.4. The molecule has 0 bridgehead atoms. The SMILES string of the molecule is CC(C)CC(=O)C(C(=O)[O-])C(C[N+](C)(C)C)OC(=O)[C@@H](N)CCCN.Cl.Cl. The Morgan fingerprint density at radius 1 is 1.11 bits per heavy atom. The van der Waals surface area contributed by atoms with Crippen molar-refractivity contribution >= 4 is 42.5 Å². The molecule has 0 fully saturated rings. The quantitative estimate of drug-likeness (QED) is 0.241. The second kappa shape index (κ2) is 14.1. The molecule has 3 atom stereocenters. The van der Waals surface area contributed by atoms with Crippen molar-refractivity contribution in [3.8, 4) is 0 Å². The number of carboxylic acid groups (broad SMARTS) is 1. The van der Waals surface area contributed by atoms with Crippen LogP contribution in [0.5, 0.6) is 0 Å². The molecule has 0 saturated carbocycles. The average molecular weight is 432 g/mol. The van der Waals surface area contributed by atoms with Gasteiger partial charge in [0.1, 0.15) is 18.4 Å². The van der Waals surface area contributed by atoms with Crippen LogP contribution in [0.15, 0.2) is 0 Å². The first-order valence-corrected chi connectivity index (χ1v) is 8.59. The van der Waals surface area contributed by atoms with Crippen LogP contribution in [-0.4, -0.2) is 68.6 Å². The molecular formula is C17H35Cl2N3O5. The van der Waals surface area contributed by atoms with E-state index in [-0.39, 0.29) is 43.7 Å². The first kappa shape index (κ1) is 30.8. The number of Topliss-reactive ketones (excluding diaryl/α,β-unsaturated/α-hetero) is 1. The van der Waals surface area contributed by atoms with Crippen molar-refractivity contribution in [2.24, 2.45) is 23.3 Å². The van der Waals surface area contributed by atoms with Gasteiger partial charge in [-0.15, -0.1) is 24.8 Å². The van der Waals surface area contributed by atoms with E-state index in [0.29, 0.717) is 23.9 Å². The number of carbonyl (C=O) groups is 3. The highest BCUT2D eigenvalue weighted by atomic mass is 35.5. The largest absolute Gasteiger partial charge is 0.549 e. The van der Waals surface area contributed by atoms with Gasteiger partial charge in [0.05, 0.1) is 33.0 Å². The van der Waals surface area contributed by atoms with E-state index in [1.165, 1.54) is 0 Å². The molecule has 0 rings (SSSR count). The fraction of sp³-hybridized carbons (Fsp3) is 0.824. The van der Waals surface area contributed by atoms with Crippen LogP contribution >= 0.6 is 24.8 Å². The van der Waals surface area contributed by atoms with Gasteiger partial charge in [-0.25, -0.2) is 0 Å². The van der Waals surface area contributed by atoms with E-state index in [0.717, 1.165) is 0 Å². The van der Waals surface area contributed by atoms with Gasteiger partial charge >= 0.3 is 5.97 Å². The molecule has 0 spiro atoms. The molecule has 0 amide bonds. The Morgan fingerprint density at radius 3 is 2.00 bits per heavy atom. The molecule has 10 heteroatoms. The topological polar surface area (TPSA) is 136 Å². The van der Waals surface area contributed by atoms with Crippen molar-refractivity contribution in [2.45, 2.75) is 45.3 Å². The summed E-state index contributed by atoms with van der Waals surface area (Å²) in [5.74, 6) is -4.29. The van der Waals surface area contributed by atoms with E-state index in [4.69, 9.17) is 16.2 Å². The van der Waals surface area contributed by atoms with Crippen LogP contribution in [0.1, 0.15) is 33.1 Å². The number of rotatable bonds is 12. The number of hydrogen-bond acceptors (Lipinski definition) is 7. The summed E-state index contributed by atoms with van der Waals surface area (Å²) >= 11 is 0. The molecule has 0 aromatic carbocycles. The third kappa shape index (κ3) is 13.0. The molecule has 0 heterocycles. The van der Waals surface area contributed by atoms with Gasteiger partial charge in [-0.3, -0.25) is 9.59 Å². The maximum atomic E-state index is 12.4. The highest BCUT2D eigenvalue weighted by Gasteiger charge is 2.37. The zero-order chi connectivity index (χ0) is 19.8. The number of carbonyl (C=O) groups excluding carboxylic acids is 3. The number of nitrogens with zero attached hydrogens (tertiary/aromatic N) is 1. The van der Waals surface area contributed by atoms with Crippen LogP contribution in [0.3, 0.4) is 0 Å².